The summed E-state index contributed by atoms with van der Waals surface area (Å²) in [6.07, 6.45) is 0. The third-order valence-electron chi connectivity index (χ3n) is 2.83. The number of carbonyl (C=O) groups is 1. The highest BCUT2D eigenvalue weighted by atomic mass is 19.1. The summed E-state index contributed by atoms with van der Waals surface area (Å²) in [5.74, 6) is -0.953. The van der Waals surface area contributed by atoms with Crippen molar-refractivity contribution in [3.8, 4) is 0 Å². The van der Waals surface area contributed by atoms with Crippen LogP contribution in [0, 0.1) is 5.82 Å². The fourth-order valence-corrected chi connectivity index (χ4v) is 1.84. The van der Waals surface area contributed by atoms with Gasteiger partial charge in [0.1, 0.15) is 5.82 Å². The molecule has 19 heavy (non-hydrogen) atoms. The summed E-state index contributed by atoms with van der Waals surface area (Å²) >= 11 is 0. The third-order valence-corrected chi connectivity index (χ3v) is 2.83. The van der Waals surface area contributed by atoms with E-state index >= 15 is 0 Å². The lowest BCUT2D eigenvalue weighted by atomic mass is 10.1. The van der Waals surface area contributed by atoms with Crippen molar-refractivity contribution >= 4 is 11.6 Å². The summed E-state index contributed by atoms with van der Waals surface area (Å²) < 4.78 is 13.7. The summed E-state index contributed by atoms with van der Waals surface area (Å²) in [4.78, 5) is 13.6. The number of benzene rings is 2. The number of nitrogen functional groups attached to an aromatic ring is 1. The zero-order valence-electron chi connectivity index (χ0n) is 10.6. The highest BCUT2D eigenvalue weighted by Crippen LogP contribution is 2.15. The van der Waals surface area contributed by atoms with E-state index in [0.29, 0.717) is 12.2 Å². The topological polar surface area (TPSA) is 46.3 Å². The maximum atomic E-state index is 13.7. The van der Waals surface area contributed by atoms with Gasteiger partial charge < -0.3 is 10.6 Å². The number of halogens is 1. The van der Waals surface area contributed by atoms with Crippen LogP contribution < -0.4 is 5.73 Å². The van der Waals surface area contributed by atoms with Crippen LogP contribution in [0.2, 0.25) is 0 Å². The van der Waals surface area contributed by atoms with Gasteiger partial charge in [-0.15, -0.1) is 0 Å². The lowest BCUT2D eigenvalue weighted by molar-refractivity contribution is 0.0780. The number of carbonyl (C=O) groups excluding carboxylic acids is 1. The number of hydrogen-bond donors (Lipinski definition) is 1. The molecule has 0 saturated carbocycles. The molecule has 4 heteroatoms. The Labute approximate surface area is 111 Å². The van der Waals surface area contributed by atoms with Crippen LogP contribution in [-0.4, -0.2) is 17.9 Å². The molecule has 0 aliphatic rings. The molecule has 0 radical (unpaired) electrons. The second-order valence-electron chi connectivity index (χ2n) is 4.39. The Kier molecular flexibility index (Phi) is 3.80. The molecule has 3 nitrogen and oxygen atoms in total. The van der Waals surface area contributed by atoms with Crippen molar-refractivity contribution in [1.29, 1.82) is 0 Å². The minimum Gasteiger partial charge on any atom is -0.399 e. The van der Waals surface area contributed by atoms with Crippen LogP contribution in [0.5, 0.6) is 0 Å². The van der Waals surface area contributed by atoms with E-state index in [4.69, 9.17) is 5.73 Å². The van der Waals surface area contributed by atoms with Gasteiger partial charge in [0.25, 0.3) is 5.91 Å². The number of nitrogens with two attached hydrogens (primary N) is 1. The predicted molar refractivity (Wildman–Crippen MR) is 73.1 cm³/mol. The van der Waals surface area contributed by atoms with E-state index in [1.807, 2.05) is 30.3 Å². The zero-order valence-corrected chi connectivity index (χ0v) is 10.6. The van der Waals surface area contributed by atoms with Gasteiger partial charge in [0, 0.05) is 19.3 Å². The number of rotatable bonds is 3. The van der Waals surface area contributed by atoms with Crippen molar-refractivity contribution < 1.29 is 9.18 Å². The van der Waals surface area contributed by atoms with Crippen LogP contribution in [0.1, 0.15) is 15.9 Å². The van der Waals surface area contributed by atoms with Crippen molar-refractivity contribution in [1.82, 2.24) is 4.90 Å². The zero-order chi connectivity index (χ0) is 13.8. The van der Waals surface area contributed by atoms with Crippen molar-refractivity contribution in [3.05, 3.63) is 65.5 Å². The van der Waals surface area contributed by atoms with Crippen LogP contribution in [-0.2, 0) is 6.54 Å². The lowest BCUT2D eigenvalue weighted by Crippen LogP contribution is -2.27. The Morgan fingerprint density at radius 2 is 1.89 bits per heavy atom. The molecule has 0 heterocycles. The minimum absolute atomic E-state index is 0.0348. The highest BCUT2D eigenvalue weighted by Gasteiger charge is 2.16. The molecule has 2 aromatic carbocycles. The normalized spacial score (nSPS) is 10.2. The van der Waals surface area contributed by atoms with Gasteiger partial charge in [-0.3, -0.25) is 4.79 Å². The first-order chi connectivity index (χ1) is 9.08. The fraction of sp³-hybridized carbons (Fsp3) is 0.133. The second-order valence-corrected chi connectivity index (χ2v) is 4.39. The van der Waals surface area contributed by atoms with E-state index in [2.05, 4.69) is 0 Å². The Bertz CT molecular complexity index is 584. The van der Waals surface area contributed by atoms with Gasteiger partial charge in [-0.2, -0.15) is 0 Å². The summed E-state index contributed by atoms with van der Waals surface area (Å²) in [7, 11) is 1.64. The van der Waals surface area contributed by atoms with E-state index in [9.17, 15) is 9.18 Å². The maximum absolute atomic E-state index is 13.7. The smallest absolute Gasteiger partial charge is 0.256 e. The van der Waals surface area contributed by atoms with E-state index in [-0.39, 0.29) is 11.5 Å². The second kappa shape index (κ2) is 5.52. The van der Waals surface area contributed by atoms with Gasteiger partial charge in [0.2, 0.25) is 0 Å². The molecule has 0 atom stereocenters. The molecule has 0 fully saturated rings. The van der Waals surface area contributed by atoms with Gasteiger partial charge in [-0.1, -0.05) is 30.3 Å². The molecule has 98 valence electrons. The molecule has 1 amide bonds. The molecule has 2 rings (SSSR count). The number of nitrogens with zero attached hydrogens (tertiary/aromatic N) is 1. The molecule has 0 bridgehead atoms. The summed E-state index contributed by atoms with van der Waals surface area (Å²) in [5, 5.41) is 0. The van der Waals surface area contributed by atoms with Crippen LogP contribution >= 0.6 is 0 Å². The van der Waals surface area contributed by atoms with E-state index < -0.39 is 5.82 Å². The first-order valence-electron chi connectivity index (χ1n) is 5.92. The third kappa shape index (κ3) is 3.10. The molecule has 0 aromatic heterocycles. The van der Waals surface area contributed by atoms with Crippen LogP contribution in [0.4, 0.5) is 10.1 Å². The Hall–Kier alpha value is -2.36. The van der Waals surface area contributed by atoms with Crippen LogP contribution in [0.15, 0.2) is 48.5 Å². The van der Waals surface area contributed by atoms with E-state index in [0.717, 1.165) is 11.6 Å². The molecular formula is C15H15FN2O. The average Bonchev–Trinajstić information content (AvgIpc) is 2.39. The molecular weight excluding hydrogens is 243 g/mol. The van der Waals surface area contributed by atoms with Crippen molar-refractivity contribution in [2.75, 3.05) is 12.8 Å². The maximum Gasteiger partial charge on any atom is 0.256 e. The number of amides is 1. The van der Waals surface area contributed by atoms with Gasteiger partial charge in [0.05, 0.1) is 5.56 Å². The Morgan fingerprint density at radius 3 is 2.53 bits per heavy atom. The van der Waals surface area contributed by atoms with E-state index in [1.165, 1.54) is 17.0 Å². The minimum atomic E-state index is -0.593. The molecule has 0 spiro atoms. The highest BCUT2D eigenvalue weighted by molar-refractivity contribution is 5.94. The first kappa shape index (κ1) is 13.1. The standard InChI is InChI=1S/C15H15FN2O/c1-18(10-11-5-3-2-4-6-11)15(19)13-8-7-12(17)9-14(13)16/h2-9H,10,17H2,1H3. The van der Waals surface area contributed by atoms with Gasteiger partial charge in [0.15, 0.2) is 0 Å². The Morgan fingerprint density at radius 1 is 1.21 bits per heavy atom. The average molecular weight is 258 g/mol. The van der Waals surface area contributed by atoms with Gasteiger partial charge >= 0.3 is 0 Å². The van der Waals surface area contributed by atoms with Gasteiger partial charge in [-0.25, -0.2) is 4.39 Å². The number of hydrogen-bond acceptors (Lipinski definition) is 2. The largest absolute Gasteiger partial charge is 0.399 e. The van der Waals surface area contributed by atoms with Gasteiger partial charge in [-0.05, 0) is 23.8 Å². The SMILES string of the molecule is CN(Cc1ccccc1)C(=O)c1ccc(N)cc1F. The summed E-state index contributed by atoms with van der Waals surface area (Å²) in [6.45, 7) is 0.434. The fourth-order valence-electron chi connectivity index (χ4n) is 1.84. The van der Waals surface area contributed by atoms with Crippen LogP contribution in [0.3, 0.4) is 0 Å². The quantitative estimate of drug-likeness (QED) is 0.860. The molecule has 0 aliphatic carbocycles. The van der Waals surface area contributed by atoms with Crippen molar-refractivity contribution in [2.24, 2.45) is 0 Å². The van der Waals surface area contributed by atoms with Crippen molar-refractivity contribution in [3.63, 3.8) is 0 Å². The van der Waals surface area contributed by atoms with E-state index in [1.54, 1.807) is 7.05 Å². The molecule has 0 aliphatic heterocycles. The monoisotopic (exact) mass is 258 g/mol. The lowest BCUT2D eigenvalue weighted by Gasteiger charge is -2.17. The summed E-state index contributed by atoms with van der Waals surface area (Å²) in [6, 6.07) is 13.6. The molecule has 0 unspecified atom stereocenters. The number of anilines is 1. The first-order valence-corrected chi connectivity index (χ1v) is 5.92. The van der Waals surface area contributed by atoms with Crippen LogP contribution in [0.25, 0.3) is 0 Å². The Balaban J connectivity index is 2.15. The summed E-state index contributed by atoms with van der Waals surface area (Å²) in [5.41, 5.74) is 6.80. The molecule has 0 saturated heterocycles. The molecule has 2 aromatic rings. The molecule has 2 N–H and O–H groups in total. The van der Waals surface area contributed by atoms with Crippen molar-refractivity contribution in [2.45, 2.75) is 6.54 Å². The predicted octanol–water partition coefficient (Wildman–Crippen LogP) is 2.68.